The van der Waals surface area contributed by atoms with Crippen molar-refractivity contribution in [2.45, 2.75) is 265 Å². The molecule has 6 unspecified atom stereocenters. The van der Waals surface area contributed by atoms with E-state index in [9.17, 15) is 110 Å². The van der Waals surface area contributed by atoms with Crippen LogP contribution in [0.15, 0.2) is 0 Å². The molecule has 14 aliphatic carbocycles. The minimum absolute atomic E-state index is 0.242. The van der Waals surface area contributed by atoms with E-state index < -0.39 is 157 Å². The van der Waals surface area contributed by atoms with Gasteiger partial charge >= 0.3 is 107 Å². The van der Waals surface area contributed by atoms with E-state index in [0.29, 0.717) is 79.4 Å². The summed E-state index contributed by atoms with van der Waals surface area (Å²) in [5.41, 5.74) is -1.22. The standard InChI is InChI=1S/2C14H18F2O4.2C11H14F2O4.2C10H14F2O4/c15-14(16,11(17)18)7-20-12(19)13-4-8-1-9(5-13)3-10(2-8)6-13;15-14(16,12(18)19)7-11(17)20-13-4-8-1-9(5-13)3-10(2-8)6-13;12-11(13,10(15)16)5-17-9(14)8-4-6-1-2-7(8)3-6;12-11(13,10(15)16)5-9(14)17-8-4-6-1-2-7(8)3-6;11-10(12,9(14)15)6-16-8(13)7-4-2-1-3-5-7;11-10(12,9(14)15)6-8(13)16-7-4-2-1-3-5-7/h8-10H,1-7H2,(H,17,18);8-10H,1-7H2,(H,18,19);2*6-8H,1-5H2,(H,15,16);2*7H,1-6H2,(H,14,15). The zero-order chi connectivity index (χ0) is 78.7. The number of aliphatic carboxylic acids is 6. The molecule has 0 saturated heterocycles. The average Bonchev–Trinajstić information content (AvgIpc) is 0.985. The van der Waals surface area contributed by atoms with Gasteiger partial charge < -0.3 is 59.1 Å². The molecule has 0 spiro atoms. The highest BCUT2D eigenvalue weighted by atomic mass is 19.3. The molecule has 0 amide bonds. The molecule has 600 valence electrons. The first-order valence-electron chi connectivity index (χ1n) is 36.0. The van der Waals surface area contributed by atoms with E-state index in [1.807, 2.05) is 0 Å². The Balaban J connectivity index is 0.000000178. The highest BCUT2D eigenvalue weighted by molar-refractivity contribution is 5.85. The van der Waals surface area contributed by atoms with E-state index in [1.165, 1.54) is 0 Å². The number of hydrogen-bond donors (Lipinski definition) is 6. The van der Waals surface area contributed by atoms with Crippen molar-refractivity contribution >= 4 is 71.6 Å². The fourth-order valence-corrected chi connectivity index (χ4v) is 18.4. The Morgan fingerprint density at radius 2 is 0.679 bits per heavy atom. The molecule has 0 aromatic heterocycles. The van der Waals surface area contributed by atoms with Crippen molar-refractivity contribution in [3.63, 3.8) is 0 Å². The second-order valence-electron chi connectivity index (χ2n) is 31.2. The van der Waals surface area contributed by atoms with Crippen LogP contribution >= 0.6 is 0 Å². The Labute approximate surface area is 600 Å². The van der Waals surface area contributed by atoms with Crippen LogP contribution in [0.5, 0.6) is 0 Å². The number of carbonyl (C=O) groups is 12. The number of halogens is 12. The largest absolute Gasteiger partial charge is 0.477 e. The quantitative estimate of drug-likeness (QED) is 0.0297. The van der Waals surface area contributed by atoms with Gasteiger partial charge in [-0.25, -0.2) is 28.8 Å². The van der Waals surface area contributed by atoms with Crippen LogP contribution in [0, 0.1) is 76.4 Å². The third kappa shape index (κ3) is 23.9. The summed E-state index contributed by atoms with van der Waals surface area (Å²) in [6.45, 7) is -4.10. The summed E-state index contributed by atoms with van der Waals surface area (Å²) in [6, 6.07) is 0. The fraction of sp³-hybridized carbons (Fsp3) is 0.829. The molecule has 14 saturated carbocycles. The zero-order valence-electron chi connectivity index (χ0n) is 58.1. The number of fused-ring (bicyclic) bond motifs is 4. The molecule has 12 bridgehead atoms. The summed E-state index contributed by atoms with van der Waals surface area (Å²) in [5, 5.41) is 49.4. The lowest BCUT2D eigenvalue weighted by atomic mass is 9.49. The van der Waals surface area contributed by atoms with E-state index in [0.717, 1.165) is 161 Å². The number of carbonyl (C=O) groups excluding carboxylic acids is 6. The molecule has 14 fully saturated rings. The SMILES string of the molecule is O=C(CC(F)(F)C(=O)O)OC12CC3CC(CC(C3)C1)C2.O=C(CC(F)(F)C(=O)O)OC1CC2CCC1C2.O=C(CC(F)(F)C(=O)O)OC1CCCCC1.O=C(O)C(F)(F)COC(=O)C12CC3CC(CC(C3)C1)C2.O=C(OCC(F)(F)C(=O)O)C1CC2CCC1C2.O=C(OCC(F)(F)C(=O)O)C1CCCCC1. The summed E-state index contributed by atoms with van der Waals surface area (Å²) < 4.78 is 182. The predicted molar refractivity (Wildman–Crippen MR) is 334 cm³/mol. The molecule has 0 radical (unpaired) electrons. The first-order chi connectivity index (χ1) is 49.2. The third-order valence-electron chi connectivity index (χ3n) is 22.7. The van der Waals surface area contributed by atoms with Gasteiger partial charge in [0.2, 0.25) is 0 Å². The lowest BCUT2D eigenvalue weighted by molar-refractivity contribution is -0.196. The van der Waals surface area contributed by atoms with Crippen LogP contribution in [-0.2, 0) is 86.0 Å². The van der Waals surface area contributed by atoms with Crippen LogP contribution in [-0.4, -0.2) is 175 Å². The summed E-state index contributed by atoms with van der Waals surface area (Å²) in [7, 11) is 0. The van der Waals surface area contributed by atoms with E-state index >= 15 is 0 Å². The van der Waals surface area contributed by atoms with Crippen molar-refractivity contribution in [3.05, 3.63) is 0 Å². The molecule has 6 atom stereocenters. The monoisotopic (exact) mass is 1540 g/mol. The smallest absolute Gasteiger partial charge is 0.378 e. The minimum atomic E-state index is -4.04. The lowest BCUT2D eigenvalue weighted by Gasteiger charge is -2.55. The maximum absolute atomic E-state index is 13.1. The topological polar surface area (TPSA) is 382 Å². The van der Waals surface area contributed by atoms with Crippen LogP contribution in [0.1, 0.15) is 212 Å². The summed E-state index contributed by atoms with van der Waals surface area (Å²) in [5.74, 6) is -39.0. The van der Waals surface area contributed by atoms with E-state index in [4.69, 9.17) is 44.8 Å². The van der Waals surface area contributed by atoms with Crippen LogP contribution in [0.25, 0.3) is 0 Å². The summed E-state index contributed by atoms with van der Waals surface area (Å²) >= 11 is 0. The van der Waals surface area contributed by atoms with Crippen molar-refractivity contribution in [1.82, 2.24) is 0 Å². The Bertz CT molecular complexity index is 3100. The van der Waals surface area contributed by atoms with Crippen molar-refractivity contribution in [3.8, 4) is 0 Å². The van der Waals surface area contributed by atoms with Crippen molar-refractivity contribution in [2.75, 3.05) is 19.8 Å². The molecule has 0 aromatic carbocycles. The molecule has 24 nitrogen and oxygen atoms in total. The third-order valence-corrected chi connectivity index (χ3v) is 22.7. The highest BCUT2D eigenvalue weighted by Gasteiger charge is 2.58. The molecule has 14 rings (SSSR count). The first-order valence-corrected chi connectivity index (χ1v) is 36.0. The maximum atomic E-state index is 13.1. The Morgan fingerprint density at radius 3 is 1.05 bits per heavy atom. The molecule has 36 heteroatoms. The second kappa shape index (κ2) is 35.4. The van der Waals surface area contributed by atoms with Gasteiger partial charge in [-0.1, -0.05) is 32.1 Å². The van der Waals surface area contributed by atoms with Gasteiger partial charge in [0, 0.05) is 0 Å². The van der Waals surface area contributed by atoms with Gasteiger partial charge in [-0.05, 0) is 220 Å². The van der Waals surface area contributed by atoms with Gasteiger partial charge in [0.15, 0.2) is 19.8 Å². The maximum Gasteiger partial charge on any atom is 0.378 e. The van der Waals surface area contributed by atoms with Crippen LogP contribution < -0.4 is 0 Å². The van der Waals surface area contributed by atoms with Crippen molar-refractivity contribution in [2.24, 2.45) is 76.4 Å². The second-order valence-corrected chi connectivity index (χ2v) is 31.2. The molecule has 0 aromatic rings. The number of rotatable bonds is 24. The number of ether oxygens (including phenoxy) is 6. The number of esters is 6. The Kier molecular flexibility index (Phi) is 28.8. The summed E-state index contributed by atoms with van der Waals surface area (Å²) in [4.78, 5) is 130. The van der Waals surface area contributed by atoms with Gasteiger partial charge in [0.1, 0.15) is 37.1 Å². The molecular formula is C70H92F12O24. The van der Waals surface area contributed by atoms with E-state index in [-0.39, 0.29) is 35.9 Å². The van der Waals surface area contributed by atoms with Crippen molar-refractivity contribution < 1.29 is 169 Å². The predicted octanol–water partition coefficient (Wildman–Crippen LogP) is 12.4. The van der Waals surface area contributed by atoms with Gasteiger partial charge in [0.05, 0.1) is 17.3 Å². The van der Waals surface area contributed by atoms with Crippen LogP contribution in [0.3, 0.4) is 0 Å². The highest BCUT2D eigenvalue weighted by Crippen LogP contribution is 2.61. The molecule has 14 aliphatic rings. The molecular weight excluding hydrogens is 1450 g/mol. The lowest BCUT2D eigenvalue weighted by Crippen LogP contribution is -2.53. The van der Waals surface area contributed by atoms with E-state index in [2.05, 4.69) is 14.2 Å². The van der Waals surface area contributed by atoms with Crippen LogP contribution in [0.2, 0.25) is 0 Å². The van der Waals surface area contributed by atoms with Crippen molar-refractivity contribution in [1.29, 1.82) is 0 Å². The van der Waals surface area contributed by atoms with Gasteiger partial charge in [0.25, 0.3) is 0 Å². The normalized spacial score (nSPS) is 30.2. The molecule has 0 aliphatic heterocycles. The van der Waals surface area contributed by atoms with Gasteiger partial charge in [-0.3, -0.25) is 28.8 Å². The number of alkyl halides is 12. The molecule has 6 N–H and O–H groups in total. The van der Waals surface area contributed by atoms with Gasteiger partial charge in [-0.15, -0.1) is 0 Å². The Morgan fingerprint density at radius 1 is 0.330 bits per heavy atom. The number of hydrogen-bond acceptors (Lipinski definition) is 18. The number of carboxylic acids is 6. The fourth-order valence-electron chi connectivity index (χ4n) is 18.4. The Hall–Kier alpha value is -7.20. The number of carboxylic acid groups (broad SMARTS) is 6. The first kappa shape index (κ1) is 86.0. The van der Waals surface area contributed by atoms with Crippen LogP contribution in [0.4, 0.5) is 52.7 Å². The van der Waals surface area contributed by atoms with E-state index in [1.54, 1.807) is 0 Å². The molecule has 106 heavy (non-hydrogen) atoms. The van der Waals surface area contributed by atoms with Gasteiger partial charge in [-0.2, -0.15) is 52.7 Å². The average molecular weight is 1550 g/mol. The molecule has 0 heterocycles. The summed E-state index contributed by atoms with van der Waals surface area (Å²) in [6.07, 6.45) is 22.3. The zero-order valence-corrected chi connectivity index (χ0v) is 58.1. The minimum Gasteiger partial charge on any atom is -0.477 e.